The molecule has 144 valence electrons. The van der Waals surface area contributed by atoms with Gasteiger partial charge in [0.25, 0.3) is 0 Å². The number of nitrogens with one attached hydrogen (secondary N) is 1. The quantitative estimate of drug-likeness (QED) is 0.727. The minimum Gasteiger partial charge on any atom is -0.371 e. The van der Waals surface area contributed by atoms with Crippen LogP contribution < -0.4 is 10.2 Å². The fourth-order valence-electron chi connectivity index (χ4n) is 3.90. The Bertz CT molecular complexity index is 1060. The number of hydrogen-bond donors (Lipinski definition) is 1. The van der Waals surface area contributed by atoms with Gasteiger partial charge in [0.15, 0.2) is 0 Å². The predicted molar refractivity (Wildman–Crippen MR) is 108 cm³/mol. The van der Waals surface area contributed by atoms with Gasteiger partial charge in [-0.3, -0.25) is 10.1 Å². The van der Waals surface area contributed by atoms with Crippen molar-refractivity contribution in [2.24, 2.45) is 0 Å². The van der Waals surface area contributed by atoms with E-state index < -0.39 is 0 Å². The second kappa shape index (κ2) is 6.75. The fraction of sp³-hybridized carbons (Fsp3) is 0.421. The minimum absolute atomic E-state index is 0.191. The number of morpholine rings is 1. The molecule has 2 aliphatic rings. The molecule has 2 aromatic heterocycles. The molecule has 1 aromatic carbocycles. The molecule has 1 amide bonds. The average molecular weight is 396 g/mol. The molecule has 3 aromatic rings. The van der Waals surface area contributed by atoms with Crippen molar-refractivity contribution in [2.45, 2.75) is 38.9 Å². The molecule has 0 radical (unpaired) electrons. The number of carbonyl (C=O) groups excluding carboxylic acids is 1. The van der Waals surface area contributed by atoms with Crippen molar-refractivity contribution in [3.63, 3.8) is 0 Å². The maximum Gasteiger partial charge on any atom is 0.231 e. The minimum atomic E-state index is -0.191. The first-order valence-electron chi connectivity index (χ1n) is 9.35. The van der Waals surface area contributed by atoms with Crippen molar-refractivity contribution < 1.29 is 9.53 Å². The summed E-state index contributed by atoms with van der Waals surface area (Å²) in [4.78, 5) is 23.1. The SMILES string of the molecule is CC(=O)Nc1nc(N2CC3CCC(C2)O3)c2ccc(-c3nnc(C)s3)cc2n1. The molecule has 0 saturated carbocycles. The Morgan fingerprint density at radius 3 is 2.68 bits per heavy atom. The highest BCUT2D eigenvalue weighted by Crippen LogP contribution is 2.34. The van der Waals surface area contributed by atoms with Crippen molar-refractivity contribution in [1.82, 2.24) is 20.2 Å². The van der Waals surface area contributed by atoms with Crippen molar-refractivity contribution in [1.29, 1.82) is 0 Å². The molecule has 2 unspecified atom stereocenters. The summed E-state index contributed by atoms with van der Waals surface area (Å²) in [6, 6.07) is 6.05. The van der Waals surface area contributed by atoms with Gasteiger partial charge in [0.05, 0.1) is 17.7 Å². The number of carbonyl (C=O) groups is 1. The number of aryl methyl sites for hydroxylation is 1. The summed E-state index contributed by atoms with van der Waals surface area (Å²) in [5.74, 6) is 0.969. The van der Waals surface area contributed by atoms with Crippen molar-refractivity contribution in [3.8, 4) is 10.6 Å². The summed E-state index contributed by atoms with van der Waals surface area (Å²) in [5.41, 5.74) is 1.73. The number of fused-ring (bicyclic) bond motifs is 3. The molecule has 4 heterocycles. The molecule has 0 spiro atoms. The predicted octanol–water partition coefficient (Wildman–Crippen LogP) is 2.78. The normalized spacial score (nSPS) is 21.3. The van der Waals surface area contributed by atoms with Gasteiger partial charge in [-0.25, -0.2) is 4.98 Å². The van der Waals surface area contributed by atoms with Gasteiger partial charge in [-0.15, -0.1) is 10.2 Å². The van der Waals surface area contributed by atoms with Crippen LogP contribution in [-0.2, 0) is 9.53 Å². The van der Waals surface area contributed by atoms with E-state index in [1.54, 1.807) is 11.3 Å². The molecule has 0 aliphatic carbocycles. The molecule has 2 bridgehead atoms. The molecule has 2 saturated heterocycles. The van der Waals surface area contributed by atoms with Crippen LogP contribution in [0.5, 0.6) is 0 Å². The summed E-state index contributed by atoms with van der Waals surface area (Å²) >= 11 is 1.54. The van der Waals surface area contributed by atoms with Gasteiger partial charge in [0.1, 0.15) is 15.8 Å². The topological polar surface area (TPSA) is 93.1 Å². The maximum atomic E-state index is 11.6. The number of aromatic nitrogens is 4. The van der Waals surface area contributed by atoms with E-state index in [1.807, 2.05) is 25.1 Å². The number of anilines is 2. The van der Waals surface area contributed by atoms with Gasteiger partial charge in [-0.05, 0) is 31.9 Å². The standard InChI is InChI=1S/C19H20N6O2S/c1-10(26)20-19-21-16-7-12(18-24-23-11(2)28-18)3-6-15(16)17(22-19)25-8-13-4-5-14(9-25)27-13/h3,6-7,13-14H,4-5,8-9H2,1-2H3,(H,20,21,22,26). The van der Waals surface area contributed by atoms with E-state index >= 15 is 0 Å². The smallest absolute Gasteiger partial charge is 0.231 e. The second-order valence-electron chi connectivity index (χ2n) is 7.27. The van der Waals surface area contributed by atoms with Gasteiger partial charge in [-0.2, -0.15) is 4.98 Å². The second-order valence-corrected chi connectivity index (χ2v) is 8.45. The summed E-state index contributed by atoms with van der Waals surface area (Å²) in [7, 11) is 0. The Labute approximate surface area is 166 Å². The van der Waals surface area contributed by atoms with E-state index in [1.165, 1.54) is 6.92 Å². The van der Waals surface area contributed by atoms with Crippen molar-refractivity contribution in [2.75, 3.05) is 23.3 Å². The highest BCUT2D eigenvalue weighted by Gasteiger charge is 2.35. The van der Waals surface area contributed by atoms with E-state index in [9.17, 15) is 4.79 Å². The third-order valence-electron chi connectivity index (χ3n) is 5.08. The molecule has 9 heteroatoms. The Morgan fingerprint density at radius 2 is 2.00 bits per heavy atom. The summed E-state index contributed by atoms with van der Waals surface area (Å²) in [6.45, 7) is 5.01. The number of rotatable bonds is 3. The number of benzene rings is 1. The van der Waals surface area contributed by atoms with Gasteiger partial charge in [-0.1, -0.05) is 17.4 Å². The van der Waals surface area contributed by atoms with E-state index in [4.69, 9.17) is 4.74 Å². The molecule has 2 aliphatic heterocycles. The number of nitrogens with zero attached hydrogens (tertiary/aromatic N) is 5. The lowest BCUT2D eigenvalue weighted by atomic mass is 10.1. The Kier molecular flexibility index (Phi) is 4.21. The average Bonchev–Trinajstić information content (AvgIpc) is 3.25. The number of amides is 1. The van der Waals surface area contributed by atoms with Crippen LogP contribution in [0, 0.1) is 6.92 Å². The zero-order valence-electron chi connectivity index (χ0n) is 15.7. The molecule has 2 fully saturated rings. The lowest BCUT2D eigenvalue weighted by Gasteiger charge is -2.33. The summed E-state index contributed by atoms with van der Waals surface area (Å²) < 4.78 is 5.97. The summed E-state index contributed by atoms with van der Waals surface area (Å²) in [6.07, 6.45) is 2.67. The lowest BCUT2D eigenvalue weighted by Crippen LogP contribution is -2.43. The monoisotopic (exact) mass is 396 g/mol. The molecule has 28 heavy (non-hydrogen) atoms. The van der Waals surface area contributed by atoms with Crippen LogP contribution in [0.1, 0.15) is 24.8 Å². The van der Waals surface area contributed by atoms with Crippen molar-refractivity contribution >= 4 is 39.9 Å². The zero-order chi connectivity index (χ0) is 19.3. The van der Waals surface area contributed by atoms with Gasteiger partial charge in [0, 0.05) is 31.0 Å². The molecular weight excluding hydrogens is 376 g/mol. The van der Waals surface area contributed by atoms with E-state index in [0.29, 0.717) is 5.95 Å². The molecule has 8 nitrogen and oxygen atoms in total. The van der Waals surface area contributed by atoms with Crippen LogP contribution in [0.3, 0.4) is 0 Å². The van der Waals surface area contributed by atoms with Crippen LogP contribution >= 0.6 is 11.3 Å². The van der Waals surface area contributed by atoms with Crippen LogP contribution in [0.25, 0.3) is 21.5 Å². The van der Waals surface area contributed by atoms with Crippen LogP contribution in [0.15, 0.2) is 18.2 Å². The summed E-state index contributed by atoms with van der Waals surface area (Å²) in [5, 5.41) is 13.8. The molecular formula is C19H20N6O2S. The third-order valence-corrected chi connectivity index (χ3v) is 5.97. The van der Waals surface area contributed by atoms with Crippen LogP contribution in [0.4, 0.5) is 11.8 Å². The van der Waals surface area contributed by atoms with Gasteiger partial charge in [0.2, 0.25) is 11.9 Å². The largest absolute Gasteiger partial charge is 0.371 e. The van der Waals surface area contributed by atoms with E-state index in [0.717, 1.165) is 58.2 Å². The van der Waals surface area contributed by atoms with E-state index in [-0.39, 0.29) is 18.1 Å². The number of hydrogen-bond acceptors (Lipinski definition) is 8. The number of ether oxygens (including phenoxy) is 1. The van der Waals surface area contributed by atoms with E-state index in [2.05, 4.69) is 30.4 Å². The van der Waals surface area contributed by atoms with Crippen LogP contribution in [0.2, 0.25) is 0 Å². The highest BCUT2D eigenvalue weighted by atomic mass is 32.1. The highest BCUT2D eigenvalue weighted by molar-refractivity contribution is 7.14. The third kappa shape index (κ3) is 3.20. The Hall–Kier alpha value is -2.65. The molecule has 2 atom stereocenters. The first-order valence-corrected chi connectivity index (χ1v) is 10.2. The van der Waals surface area contributed by atoms with Gasteiger partial charge >= 0.3 is 0 Å². The Morgan fingerprint density at radius 1 is 1.21 bits per heavy atom. The first kappa shape index (κ1) is 17.4. The molecule has 1 N–H and O–H groups in total. The lowest BCUT2D eigenvalue weighted by molar-refractivity contribution is -0.114. The van der Waals surface area contributed by atoms with Crippen LogP contribution in [-0.4, -0.2) is 51.4 Å². The zero-order valence-corrected chi connectivity index (χ0v) is 16.5. The van der Waals surface area contributed by atoms with Crippen molar-refractivity contribution in [3.05, 3.63) is 23.2 Å². The molecule has 5 rings (SSSR count). The Balaban J connectivity index is 1.62. The maximum absolute atomic E-state index is 11.6. The fourth-order valence-corrected chi connectivity index (χ4v) is 4.59. The van der Waals surface area contributed by atoms with Gasteiger partial charge < -0.3 is 9.64 Å². The first-order chi connectivity index (χ1) is 13.5.